The Morgan fingerprint density at radius 1 is 1.35 bits per heavy atom. The van der Waals surface area contributed by atoms with Crippen LogP contribution in [-0.4, -0.2) is 21.2 Å². The molecule has 0 bridgehead atoms. The second kappa shape index (κ2) is 5.49. The number of hydrogen-bond acceptors (Lipinski definition) is 5. The minimum absolute atomic E-state index is 0.0502. The van der Waals surface area contributed by atoms with Crippen molar-refractivity contribution >= 4 is 17.7 Å². The summed E-state index contributed by atoms with van der Waals surface area (Å²) in [7, 11) is 0. The summed E-state index contributed by atoms with van der Waals surface area (Å²) in [4.78, 5) is 15.5. The summed E-state index contributed by atoms with van der Waals surface area (Å²) in [6.07, 6.45) is 1.42. The maximum Gasteiger partial charge on any atom is 0.307 e. The van der Waals surface area contributed by atoms with Crippen molar-refractivity contribution in [3.05, 3.63) is 42.0 Å². The van der Waals surface area contributed by atoms with Crippen LogP contribution in [0.2, 0.25) is 0 Å². The number of aromatic nitrogens is 2. The molecule has 0 aliphatic carbocycles. The van der Waals surface area contributed by atoms with E-state index in [0.717, 1.165) is 10.5 Å². The molecule has 1 aromatic heterocycles. The van der Waals surface area contributed by atoms with Gasteiger partial charge in [-0.15, -0.1) is 11.8 Å². The summed E-state index contributed by atoms with van der Waals surface area (Å²) in [5.74, 6) is 0.360. The van der Waals surface area contributed by atoms with Crippen LogP contribution >= 0.6 is 11.8 Å². The molecule has 5 nitrogen and oxygen atoms in total. The first-order valence-corrected chi connectivity index (χ1v) is 5.91. The van der Waals surface area contributed by atoms with Gasteiger partial charge in [-0.2, -0.15) is 4.98 Å². The smallest absolute Gasteiger partial charge is 0.307 e. The number of carboxylic acids is 1. The van der Waals surface area contributed by atoms with Crippen molar-refractivity contribution in [1.82, 2.24) is 10.1 Å². The number of carbonyl (C=O) groups is 1. The molecule has 1 heterocycles. The molecule has 0 saturated heterocycles. The van der Waals surface area contributed by atoms with E-state index in [-0.39, 0.29) is 6.42 Å². The molecule has 0 aliphatic rings. The Morgan fingerprint density at radius 3 is 2.71 bits per heavy atom. The predicted octanol–water partition coefficient (Wildman–Crippen LogP) is 1.99. The van der Waals surface area contributed by atoms with Crippen LogP contribution in [0.1, 0.15) is 11.5 Å². The van der Waals surface area contributed by atoms with Crippen molar-refractivity contribution in [2.45, 2.75) is 17.1 Å². The SMILES string of the molecule is O=C(O)Cc1ccc(SCc2ncno2)cc1. The third-order valence-electron chi connectivity index (χ3n) is 2.05. The average Bonchev–Trinajstić information content (AvgIpc) is 2.80. The molecule has 0 amide bonds. The van der Waals surface area contributed by atoms with Crippen LogP contribution in [0.15, 0.2) is 40.0 Å². The van der Waals surface area contributed by atoms with Crippen LogP contribution in [0, 0.1) is 0 Å². The second-order valence-electron chi connectivity index (χ2n) is 3.34. The number of nitrogens with zero attached hydrogens (tertiary/aromatic N) is 2. The normalized spacial score (nSPS) is 10.4. The summed E-state index contributed by atoms with van der Waals surface area (Å²) in [6, 6.07) is 7.40. The van der Waals surface area contributed by atoms with Gasteiger partial charge in [0.1, 0.15) is 0 Å². The number of thioether (sulfide) groups is 1. The Hall–Kier alpha value is -1.82. The van der Waals surface area contributed by atoms with E-state index in [2.05, 4.69) is 10.1 Å². The fraction of sp³-hybridized carbons (Fsp3) is 0.182. The molecule has 6 heteroatoms. The molecule has 0 radical (unpaired) electrons. The zero-order valence-electron chi connectivity index (χ0n) is 8.87. The molecule has 2 aromatic rings. The summed E-state index contributed by atoms with van der Waals surface area (Å²) in [5, 5.41) is 12.1. The van der Waals surface area contributed by atoms with Gasteiger partial charge in [0.15, 0.2) is 6.33 Å². The van der Waals surface area contributed by atoms with Gasteiger partial charge in [0.2, 0.25) is 5.89 Å². The Balaban J connectivity index is 1.91. The first-order chi connectivity index (χ1) is 8.24. The lowest BCUT2D eigenvalue weighted by atomic mass is 10.2. The number of rotatable bonds is 5. The predicted molar refractivity (Wildman–Crippen MR) is 61.6 cm³/mol. The van der Waals surface area contributed by atoms with Crippen LogP contribution in [0.25, 0.3) is 0 Å². The molecule has 0 spiro atoms. The molecule has 0 unspecified atom stereocenters. The molecular formula is C11H10N2O3S. The molecule has 88 valence electrons. The van der Waals surface area contributed by atoms with Crippen LogP contribution in [0.4, 0.5) is 0 Å². The third-order valence-corrected chi connectivity index (χ3v) is 3.04. The largest absolute Gasteiger partial charge is 0.481 e. The molecule has 1 aromatic carbocycles. The topological polar surface area (TPSA) is 76.2 Å². The van der Waals surface area contributed by atoms with Crippen LogP contribution in [0.3, 0.4) is 0 Å². The van der Waals surface area contributed by atoms with Crippen molar-refractivity contribution in [1.29, 1.82) is 0 Å². The Labute approximate surface area is 102 Å². The zero-order chi connectivity index (χ0) is 12.1. The fourth-order valence-electron chi connectivity index (χ4n) is 1.28. The third kappa shape index (κ3) is 3.60. The molecule has 0 aliphatic heterocycles. The highest BCUT2D eigenvalue weighted by atomic mass is 32.2. The van der Waals surface area contributed by atoms with Crippen molar-refractivity contribution in [3.8, 4) is 0 Å². The van der Waals surface area contributed by atoms with Gasteiger partial charge in [-0.05, 0) is 17.7 Å². The summed E-state index contributed by atoms with van der Waals surface area (Å²) >= 11 is 1.56. The average molecular weight is 250 g/mol. The van der Waals surface area contributed by atoms with Gasteiger partial charge < -0.3 is 9.63 Å². The Kier molecular flexibility index (Phi) is 3.77. The molecule has 2 rings (SSSR count). The summed E-state index contributed by atoms with van der Waals surface area (Å²) in [5.41, 5.74) is 0.791. The van der Waals surface area contributed by atoms with E-state index in [1.165, 1.54) is 6.33 Å². The molecule has 17 heavy (non-hydrogen) atoms. The molecule has 0 atom stereocenters. The minimum atomic E-state index is -0.823. The first-order valence-electron chi connectivity index (χ1n) is 4.93. The number of hydrogen-bond donors (Lipinski definition) is 1. The molecule has 0 saturated carbocycles. The summed E-state index contributed by atoms with van der Waals surface area (Å²) in [6.45, 7) is 0. The van der Waals surface area contributed by atoms with Crippen molar-refractivity contribution in [2.75, 3.05) is 0 Å². The maximum absolute atomic E-state index is 10.5. The van der Waals surface area contributed by atoms with Crippen molar-refractivity contribution in [2.24, 2.45) is 0 Å². The van der Waals surface area contributed by atoms with E-state index in [0.29, 0.717) is 11.6 Å². The van der Waals surface area contributed by atoms with Crippen molar-refractivity contribution < 1.29 is 14.4 Å². The van der Waals surface area contributed by atoms with Gasteiger partial charge >= 0.3 is 5.97 Å². The Morgan fingerprint density at radius 2 is 2.12 bits per heavy atom. The number of aliphatic carboxylic acids is 1. The minimum Gasteiger partial charge on any atom is -0.481 e. The van der Waals surface area contributed by atoms with E-state index >= 15 is 0 Å². The highest BCUT2D eigenvalue weighted by Gasteiger charge is 2.03. The molecule has 1 N–H and O–H groups in total. The van der Waals surface area contributed by atoms with Gasteiger partial charge in [0.05, 0.1) is 12.2 Å². The van der Waals surface area contributed by atoms with Gasteiger partial charge in [-0.3, -0.25) is 4.79 Å². The van der Waals surface area contributed by atoms with Gasteiger partial charge in [0.25, 0.3) is 0 Å². The first kappa shape index (κ1) is 11.7. The standard InChI is InChI=1S/C11H10N2O3S/c14-11(15)5-8-1-3-9(4-2-8)17-6-10-12-7-13-16-10/h1-4,7H,5-6H2,(H,14,15). The highest BCUT2D eigenvalue weighted by molar-refractivity contribution is 7.98. The zero-order valence-corrected chi connectivity index (χ0v) is 9.68. The van der Waals surface area contributed by atoms with Crippen LogP contribution < -0.4 is 0 Å². The highest BCUT2D eigenvalue weighted by Crippen LogP contribution is 2.22. The van der Waals surface area contributed by atoms with Crippen molar-refractivity contribution in [3.63, 3.8) is 0 Å². The number of benzene rings is 1. The van der Waals surface area contributed by atoms with Crippen LogP contribution in [-0.2, 0) is 17.0 Å². The Bertz CT molecular complexity index is 482. The van der Waals surface area contributed by atoms with Gasteiger partial charge in [-0.1, -0.05) is 17.3 Å². The van der Waals surface area contributed by atoms with E-state index in [1.807, 2.05) is 24.3 Å². The maximum atomic E-state index is 10.5. The molecule has 0 fully saturated rings. The lowest BCUT2D eigenvalue weighted by molar-refractivity contribution is -0.136. The lowest BCUT2D eigenvalue weighted by Gasteiger charge is -2.00. The van der Waals surface area contributed by atoms with E-state index in [4.69, 9.17) is 9.63 Å². The van der Waals surface area contributed by atoms with Gasteiger partial charge in [-0.25, -0.2) is 0 Å². The summed E-state index contributed by atoms with van der Waals surface area (Å²) < 4.78 is 4.87. The fourth-order valence-corrected chi connectivity index (χ4v) is 2.03. The monoisotopic (exact) mass is 250 g/mol. The van der Waals surface area contributed by atoms with Gasteiger partial charge in [0, 0.05) is 4.90 Å². The van der Waals surface area contributed by atoms with Crippen LogP contribution in [0.5, 0.6) is 0 Å². The number of carboxylic acid groups (broad SMARTS) is 1. The van der Waals surface area contributed by atoms with E-state index < -0.39 is 5.97 Å². The quantitative estimate of drug-likeness (QED) is 0.818. The molecular weight excluding hydrogens is 240 g/mol. The lowest BCUT2D eigenvalue weighted by Crippen LogP contribution is -1.99. The van der Waals surface area contributed by atoms with E-state index in [1.54, 1.807) is 11.8 Å². The van der Waals surface area contributed by atoms with E-state index in [9.17, 15) is 4.79 Å². The second-order valence-corrected chi connectivity index (χ2v) is 4.39.